The number of unbranched alkanes of at least 4 members (excludes halogenated alkanes) is 3. The second kappa shape index (κ2) is 9.22. The molecule has 0 aliphatic carbocycles. The molecule has 1 aromatic rings. The molecule has 1 aromatic heterocycles. The van der Waals surface area contributed by atoms with Crippen LogP contribution in [0.2, 0.25) is 0 Å². The van der Waals surface area contributed by atoms with Gasteiger partial charge in [-0.3, -0.25) is 0 Å². The third kappa shape index (κ3) is 6.67. The molecule has 96 valence electrons. The topological polar surface area (TPSA) is 24.9 Å². The third-order valence-electron chi connectivity index (χ3n) is 2.38. The van der Waals surface area contributed by atoms with E-state index in [4.69, 9.17) is 0 Å². The van der Waals surface area contributed by atoms with Crippen molar-refractivity contribution in [2.45, 2.75) is 25.7 Å². The summed E-state index contributed by atoms with van der Waals surface area (Å²) in [5.74, 6) is 2.21. The number of aromatic nitrogens is 1. The van der Waals surface area contributed by atoms with Gasteiger partial charge in [0.05, 0.1) is 4.47 Å². The van der Waals surface area contributed by atoms with Crippen LogP contribution in [0.5, 0.6) is 0 Å². The molecule has 1 N–H and O–H groups in total. The Bertz CT molecular complexity index is 334. The number of hydrogen-bond acceptors (Lipinski definition) is 3. The summed E-state index contributed by atoms with van der Waals surface area (Å²) in [4.78, 5) is 4.32. The Morgan fingerprint density at radius 1 is 1.24 bits per heavy atom. The summed E-state index contributed by atoms with van der Waals surface area (Å²) in [6.07, 6.45) is 9.14. The van der Waals surface area contributed by atoms with E-state index in [1.54, 1.807) is 0 Å². The minimum Gasteiger partial charge on any atom is -0.369 e. The Labute approximate surface area is 125 Å². The molecular weight excluding hydrogens is 364 g/mol. The summed E-state index contributed by atoms with van der Waals surface area (Å²) in [5, 5.41) is 3.35. The van der Waals surface area contributed by atoms with Crippen LogP contribution in [0.3, 0.4) is 0 Å². The maximum absolute atomic E-state index is 4.32. The van der Waals surface area contributed by atoms with E-state index in [2.05, 4.69) is 48.4 Å². The highest BCUT2D eigenvalue weighted by Crippen LogP contribution is 2.23. The summed E-state index contributed by atoms with van der Waals surface area (Å²) >= 11 is 8.81. The van der Waals surface area contributed by atoms with Gasteiger partial charge in [0.15, 0.2) is 0 Å². The van der Waals surface area contributed by atoms with E-state index in [0.717, 1.165) is 21.3 Å². The van der Waals surface area contributed by atoms with Crippen LogP contribution in [0.4, 0.5) is 5.82 Å². The molecule has 0 aliphatic heterocycles. The lowest BCUT2D eigenvalue weighted by molar-refractivity contribution is 0.688. The van der Waals surface area contributed by atoms with Gasteiger partial charge in [0, 0.05) is 17.2 Å². The lowest BCUT2D eigenvalue weighted by Gasteiger charge is -2.07. The van der Waals surface area contributed by atoms with Crippen LogP contribution in [-0.2, 0) is 0 Å². The van der Waals surface area contributed by atoms with Gasteiger partial charge in [-0.15, -0.1) is 0 Å². The Morgan fingerprint density at radius 2 is 2.00 bits per heavy atom. The first-order chi connectivity index (χ1) is 8.24. The molecule has 2 nitrogen and oxygen atoms in total. The lowest BCUT2D eigenvalue weighted by Crippen LogP contribution is -2.03. The molecular formula is C12H18Br2N2S. The fraction of sp³-hybridized carbons (Fsp3) is 0.583. The van der Waals surface area contributed by atoms with Crippen molar-refractivity contribution >= 4 is 49.4 Å². The van der Waals surface area contributed by atoms with E-state index in [1.165, 1.54) is 31.4 Å². The second-order valence-corrected chi connectivity index (χ2v) is 6.57. The van der Waals surface area contributed by atoms with Gasteiger partial charge in [0.25, 0.3) is 0 Å². The zero-order valence-corrected chi connectivity index (χ0v) is 14.0. The van der Waals surface area contributed by atoms with E-state index in [0.29, 0.717) is 0 Å². The molecule has 0 radical (unpaired) electrons. The first-order valence-electron chi connectivity index (χ1n) is 5.78. The largest absolute Gasteiger partial charge is 0.369 e. The van der Waals surface area contributed by atoms with Crippen molar-refractivity contribution in [3.05, 3.63) is 21.2 Å². The minimum absolute atomic E-state index is 0.928. The number of pyridine rings is 1. The summed E-state index contributed by atoms with van der Waals surface area (Å²) in [7, 11) is 0. The van der Waals surface area contributed by atoms with Crippen molar-refractivity contribution in [1.29, 1.82) is 0 Å². The average Bonchev–Trinajstić information content (AvgIpc) is 2.30. The Kier molecular flexibility index (Phi) is 8.31. The molecule has 0 aromatic carbocycles. The molecule has 0 fully saturated rings. The molecule has 0 atom stereocenters. The molecule has 5 heteroatoms. The molecule has 1 rings (SSSR count). The summed E-state index contributed by atoms with van der Waals surface area (Å²) in [6.45, 7) is 0.993. The number of hydrogen-bond donors (Lipinski definition) is 1. The zero-order chi connectivity index (χ0) is 12.5. The monoisotopic (exact) mass is 380 g/mol. The normalized spacial score (nSPS) is 10.5. The van der Waals surface area contributed by atoms with Crippen molar-refractivity contribution in [1.82, 2.24) is 4.98 Å². The highest BCUT2D eigenvalue weighted by Gasteiger charge is 2.00. The van der Waals surface area contributed by atoms with Crippen molar-refractivity contribution in [3.63, 3.8) is 0 Å². The number of halogens is 2. The van der Waals surface area contributed by atoms with E-state index < -0.39 is 0 Å². The Hall–Kier alpha value is 0.260. The number of thioether (sulfide) groups is 1. The first-order valence-corrected chi connectivity index (χ1v) is 8.76. The van der Waals surface area contributed by atoms with Crippen LogP contribution in [0, 0.1) is 0 Å². The second-order valence-electron chi connectivity index (χ2n) is 3.82. The molecule has 1 heterocycles. The van der Waals surface area contributed by atoms with Gasteiger partial charge >= 0.3 is 0 Å². The lowest BCUT2D eigenvalue weighted by atomic mass is 10.2. The SMILES string of the molecule is CSCCCCCCNc1ncc(Br)cc1Br. The van der Waals surface area contributed by atoms with Gasteiger partial charge in [-0.1, -0.05) is 12.8 Å². The van der Waals surface area contributed by atoms with Gasteiger partial charge in [-0.25, -0.2) is 4.98 Å². The molecule has 0 saturated heterocycles. The van der Waals surface area contributed by atoms with E-state index in [-0.39, 0.29) is 0 Å². The fourth-order valence-corrected chi connectivity index (χ4v) is 3.10. The standard InChI is InChI=1S/C12H18Br2N2S/c1-17-7-5-3-2-4-6-15-12-11(14)8-10(13)9-16-12/h8-9H,2-7H2,1H3,(H,15,16). The van der Waals surface area contributed by atoms with Gasteiger partial charge < -0.3 is 5.32 Å². The van der Waals surface area contributed by atoms with Crippen molar-refractivity contribution in [2.24, 2.45) is 0 Å². The van der Waals surface area contributed by atoms with Crippen LogP contribution in [-0.4, -0.2) is 23.5 Å². The number of nitrogens with one attached hydrogen (secondary N) is 1. The van der Waals surface area contributed by atoms with Crippen LogP contribution < -0.4 is 5.32 Å². The minimum atomic E-state index is 0.928. The number of anilines is 1. The van der Waals surface area contributed by atoms with Crippen molar-refractivity contribution in [2.75, 3.05) is 23.9 Å². The number of nitrogens with zero attached hydrogens (tertiary/aromatic N) is 1. The van der Waals surface area contributed by atoms with Crippen LogP contribution in [0.25, 0.3) is 0 Å². The summed E-state index contributed by atoms with van der Waals surface area (Å²) in [5.41, 5.74) is 0. The van der Waals surface area contributed by atoms with Crippen LogP contribution in [0.1, 0.15) is 25.7 Å². The van der Waals surface area contributed by atoms with Crippen molar-refractivity contribution in [3.8, 4) is 0 Å². The van der Waals surface area contributed by atoms with Gasteiger partial charge in [-0.2, -0.15) is 11.8 Å². The van der Waals surface area contributed by atoms with Gasteiger partial charge in [-0.05, 0) is 62.8 Å². The Morgan fingerprint density at radius 3 is 2.71 bits per heavy atom. The molecule has 0 spiro atoms. The first kappa shape index (κ1) is 15.3. The third-order valence-corrected chi connectivity index (χ3v) is 4.11. The molecule has 0 amide bonds. The molecule has 17 heavy (non-hydrogen) atoms. The van der Waals surface area contributed by atoms with Crippen LogP contribution >= 0.6 is 43.6 Å². The quantitative estimate of drug-likeness (QED) is 0.645. The fourth-order valence-electron chi connectivity index (χ4n) is 1.48. The number of rotatable bonds is 8. The Balaban J connectivity index is 2.14. The average molecular weight is 382 g/mol. The van der Waals surface area contributed by atoms with E-state index in [1.807, 2.05) is 24.0 Å². The smallest absolute Gasteiger partial charge is 0.140 e. The van der Waals surface area contributed by atoms with Crippen molar-refractivity contribution < 1.29 is 0 Å². The van der Waals surface area contributed by atoms with E-state index in [9.17, 15) is 0 Å². The molecule has 0 bridgehead atoms. The van der Waals surface area contributed by atoms with E-state index >= 15 is 0 Å². The molecule has 0 unspecified atom stereocenters. The maximum atomic E-state index is 4.32. The highest BCUT2D eigenvalue weighted by molar-refractivity contribution is 9.11. The predicted molar refractivity (Wildman–Crippen MR) is 85.0 cm³/mol. The highest BCUT2D eigenvalue weighted by atomic mass is 79.9. The molecule has 0 aliphatic rings. The molecule has 0 saturated carbocycles. The van der Waals surface area contributed by atoms with Gasteiger partial charge in [0.2, 0.25) is 0 Å². The zero-order valence-electron chi connectivity index (χ0n) is 10.0. The summed E-state index contributed by atoms with van der Waals surface area (Å²) in [6, 6.07) is 2.01. The predicted octanol–water partition coefficient (Wildman–Crippen LogP) is 4.94. The maximum Gasteiger partial charge on any atom is 0.140 e. The summed E-state index contributed by atoms with van der Waals surface area (Å²) < 4.78 is 2.00. The van der Waals surface area contributed by atoms with Crippen LogP contribution in [0.15, 0.2) is 21.2 Å². The van der Waals surface area contributed by atoms with Gasteiger partial charge in [0.1, 0.15) is 5.82 Å².